The van der Waals surface area contributed by atoms with Gasteiger partial charge in [0.05, 0.1) is 25.6 Å². The van der Waals surface area contributed by atoms with Crippen molar-refractivity contribution in [3.63, 3.8) is 0 Å². The average molecular weight is 376 g/mol. The Morgan fingerprint density at radius 2 is 1.79 bits per heavy atom. The van der Waals surface area contributed by atoms with Crippen LogP contribution in [0.3, 0.4) is 0 Å². The first-order valence-corrected chi connectivity index (χ1v) is 8.93. The van der Waals surface area contributed by atoms with E-state index in [1.165, 1.54) is 7.11 Å². The third kappa shape index (κ3) is 2.74. The molecule has 6 nitrogen and oxygen atoms in total. The Morgan fingerprint density at radius 1 is 1.04 bits per heavy atom. The zero-order valence-electron chi connectivity index (χ0n) is 15.9. The van der Waals surface area contributed by atoms with Gasteiger partial charge in [0.25, 0.3) is 5.91 Å². The molecule has 0 saturated heterocycles. The normalized spacial score (nSPS) is 13.5. The van der Waals surface area contributed by atoms with E-state index in [9.17, 15) is 9.59 Å². The molecule has 0 spiro atoms. The van der Waals surface area contributed by atoms with Crippen LogP contribution in [-0.4, -0.2) is 32.1 Å². The molecule has 0 radical (unpaired) electrons. The van der Waals surface area contributed by atoms with Gasteiger partial charge >= 0.3 is 0 Å². The van der Waals surface area contributed by atoms with E-state index < -0.39 is 6.04 Å². The minimum Gasteiger partial charge on any atom is -0.497 e. The maximum atomic E-state index is 13.0. The molecule has 1 heterocycles. The number of benzene rings is 3. The minimum absolute atomic E-state index is 0.170. The third-order valence-electron chi connectivity index (χ3n) is 5.02. The predicted molar refractivity (Wildman–Crippen MR) is 108 cm³/mol. The van der Waals surface area contributed by atoms with Crippen molar-refractivity contribution in [2.75, 3.05) is 24.4 Å². The quantitative estimate of drug-likeness (QED) is 0.735. The van der Waals surface area contributed by atoms with Crippen molar-refractivity contribution >= 4 is 34.0 Å². The number of hydrogen-bond acceptors (Lipinski definition) is 4. The molecule has 1 atom stereocenters. The molecular weight excluding hydrogens is 356 g/mol. The lowest BCUT2D eigenvalue weighted by Crippen LogP contribution is -2.44. The van der Waals surface area contributed by atoms with Crippen molar-refractivity contribution in [1.82, 2.24) is 0 Å². The molecule has 6 heteroatoms. The molecule has 3 aromatic carbocycles. The van der Waals surface area contributed by atoms with E-state index in [1.807, 2.05) is 30.3 Å². The van der Waals surface area contributed by atoms with Crippen LogP contribution in [0.2, 0.25) is 0 Å². The fourth-order valence-corrected chi connectivity index (χ4v) is 3.58. The monoisotopic (exact) mass is 376 g/mol. The number of amides is 2. The summed E-state index contributed by atoms with van der Waals surface area (Å²) in [5.74, 6) is 0.635. The molecule has 0 bridgehead atoms. The number of hydrogen-bond donors (Lipinski definition) is 1. The summed E-state index contributed by atoms with van der Waals surface area (Å²) in [5.41, 5.74) is 1.89. The van der Waals surface area contributed by atoms with Crippen molar-refractivity contribution in [1.29, 1.82) is 0 Å². The van der Waals surface area contributed by atoms with Crippen LogP contribution in [0.25, 0.3) is 10.8 Å². The number of carbonyl (C=O) groups excluding carboxylic acids is 2. The molecule has 142 valence electrons. The summed E-state index contributed by atoms with van der Waals surface area (Å²) < 4.78 is 10.5. The van der Waals surface area contributed by atoms with Gasteiger partial charge in [0, 0.05) is 17.0 Å². The van der Waals surface area contributed by atoms with Gasteiger partial charge in [-0.25, -0.2) is 0 Å². The summed E-state index contributed by atoms with van der Waals surface area (Å²) in [6.07, 6.45) is 0. The molecular formula is C22H20N2O4. The highest BCUT2D eigenvalue weighted by molar-refractivity contribution is 6.27. The SMILES string of the molecule is COc1ccc(NC(=O)[C@H](C)N2C(=O)c3cccc4cccc2c34)c(OC)c1. The lowest BCUT2D eigenvalue weighted by Gasteiger charge is -2.25. The van der Waals surface area contributed by atoms with Gasteiger partial charge in [-0.3, -0.25) is 14.5 Å². The standard InChI is InChI=1S/C22H20N2O4/c1-13(21(25)23-17-11-10-15(27-2)12-19(17)28-3)24-18-9-5-7-14-6-4-8-16(20(14)18)22(24)26/h4-13H,1-3H3,(H,23,25)/t13-/m0/s1. The molecule has 3 aromatic rings. The molecule has 28 heavy (non-hydrogen) atoms. The topological polar surface area (TPSA) is 67.9 Å². The second-order valence-corrected chi connectivity index (χ2v) is 6.59. The van der Waals surface area contributed by atoms with E-state index in [2.05, 4.69) is 5.32 Å². The number of ether oxygens (including phenoxy) is 2. The first kappa shape index (κ1) is 17.9. The predicted octanol–water partition coefficient (Wildman–Crippen LogP) is 3.84. The summed E-state index contributed by atoms with van der Waals surface area (Å²) in [5, 5.41) is 4.72. The molecule has 1 aliphatic heterocycles. The van der Waals surface area contributed by atoms with Gasteiger partial charge in [0.2, 0.25) is 5.91 Å². The number of carbonyl (C=O) groups is 2. The van der Waals surface area contributed by atoms with Crippen LogP contribution < -0.4 is 19.7 Å². The Hall–Kier alpha value is -3.54. The highest BCUT2D eigenvalue weighted by Gasteiger charge is 2.35. The molecule has 1 N–H and O–H groups in total. The fourth-order valence-electron chi connectivity index (χ4n) is 3.58. The zero-order chi connectivity index (χ0) is 19.8. The molecule has 0 aromatic heterocycles. The Balaban J connectivity index is 1.64. The second-order valence-electron chi connectivity index (χ2n) is 6.59. The van der Waals surface area contributed by atoms with E-state index in [1.54, 1.807) is 43.2 Å². The summed E-state index contributed by atoms with van der Waals surface area (Å²) >= 11 is 0. The Bertz CT molecular complexity index is 1090. The van der Waals surface area contributed by atoms with Crippen molar-refractivity contribution < 1.29 is 19.1 Å². The largest absolute Gasteiger partial charge is 0.497 e. The van der Waals surface area contributed by atoms with Crippen LogP contribution in [0.5, 0.6) is 11.5 Å². The van der Waals surface area contributed by atoms with E-state index in [0.717, 1.165) is 16.5 Å². The Morgan fingerprint density at radius 3 is 2.50 bits per heavy atom. The van der Waals surface area contributed by atoms with Crippen molar-refractivity contribution in [2.45, 2.75) is 13.0 Å². The van der Waals surface area contributed by atoms with Crippen molar-refractivity contribution in [3.8, 4) is 11.5 Å². The van der Waals surface area contributed by atoms with Crippen LogP contribution in [0.4, 0.5) is 11.4 Å². The maximum Gasteiger partial charge on any atom is 0.259 e. The van der Waals surface area contributed by atoms with E-state index in [4.69, 9.17) is 9.47 Å². The van der Waals surface area contributed by atoms with Gasteiger partial charge in [-0.1, -0.05) is 24.3 Å². The number of methoxy groups -OCH3 is 2. The first-order chi connectivity index (χ1) is 13.5. The van der Waals surface area contributed by atoms with Crippen molar-refractivity contribution in [2.24, 2.45) is 0 Å². The summed E-state index contributed by atoms with van der Waals surface area (Å²) in [7, 11) is 3.08. The fraction of sp³-hybridized carbons (Fsp3) is 0.182. The van der Waals surface area contributed by atoms with Crippen LogP contribution in [0.15, 0.2) is 54.6 Å². The molecule has 1 aliphatic rings. The van der Waals surface area contributed by atoms with Gasteiger partial charge in [-0.05, 0) is 36.6 Å². The third-order valence-corrected chi connectivity index (χ3v) is 5.02. The Labute approximate surface area is 162 Å². The molecule has 0 unspecified atom stereocenters. The molecule has 0 fully saturated rings. The minimum atomic E-state index is -0.697. The van der Waals surface area contributed by atoms with Crippen LogP contribution >= 0.6 is 0 Å². The Kier molecular flexibility index (Phi) is 4.39. The highest BCUT2D eigenvalue weighted by atomic mass is 16.5. The smallest absolute Gasteiger partial charge is 0.259 e. The number of anilines is 2. The summed E-state index contributed by atoms with van der Waals surface area (Å²) in [4.78, 5) is 27.5. The second kappa shape index (κ2) is 6.88. The molecule has 4 rings (SSSR count). The van der Waals surface area contributed by atoms with E-state index in [0.29, 0.717) is 22.7 Å². The first-order valence-electron chi connectivity index (χ1n) is 8.93. The van der Waals surface area contributed by atoms with E-state index in [-0.39, 0.29) is 11.8 Å². The van der Waals surface area contributed by atoms with Crippen molar-refractivity contribution in [3.05, 3.63) is 60.2 Å². The maximum absolute atomic E-state index is 13.0. The van der Waals surface area contributed by atoms with Gasteiger partial charge in [0.1, 0.15) is 17.5 Å². The number of nitrogens with zero attached hydrogens (tertiary/aromatic N) is 1. The number of nitrogens with one attached hydrogen (secondary N) is 1. The van der Waals surface area contributed by atoms with Crippen LogP contribution in [0, 0.1) is 0 Å². The number of rotatable bonds is 5. The lowest BCUT2D eigenvalue weighted by atomic mass is 10.1. The molecule has 0 saturated carbocycles. The summed E-state index contributed by atoms with van der Waals surface area (Å²) in [6, 6.07) is 15.8. The molecule has 0 aliphatic carbocycles. The molecule has 2 amide bonds. The summed E-state index contributed by atoms with van der Waals surface area (Å²) in [6.45, 7) is 1.72. The van der Waals surface area contributed by atoms with Gasteiger partial charge < -0.3 is 14.8 Å². The van der Waals surface area contributed by atoms with Gasteiger partial charge in [0.15, 0.2) is 0 Å². The van der Waals surface area contributed by atoms with Crippen LogP contribution in [-0.2, 0) is 4.79 Å². The van der Waals surface area contributed by atoms with E-state index >= 15 is 0 Å². The van der Waals surface area contributed by atoms with Gasteiger partial charge in [-0.15, -0.1) is 0 Å². The average Bonchev–Trinajstić information content (AvgIpc) is 3.01. The zero-order valence-corrected chi connectivity index (χ0v) is 15.9. The van der Waals surface area contributed by atoms with Gasteiger partial charge in [-0.2, -0.15) is 0 Å². The lowest BCUT2D eigenvalue weighted by molar-refractivity contribution is -0.117. The highest BCUT2D eigenvalue weighted by Crippen LogP contribution is 2.38. The van der Waals surface area contributed by atoms with Crippen LogP contribution in [0.1, 0.15) is 17.3 Å².